The van der Waals surface area contributed by atoms with Crippen LogP contribution >= 0.6 is 11.8 Å². The minimum atomic E-state index is -0.826. The number of para-hydroxylation sites is 2. The summed E-state index contributed by atoms with van der Waals surface area (Å²) < 4.78 is -0.797. The fraction of sp³-hybridized carbons (Fsp3) is 0.457. The van der Waals surface area contributed by atoms with Crippen molar-refractivity contribution < 1.29 is 19.5 Å². The molecular formula is C35H43N3O4S. The highest BCUT2D eigenvalue weighted by atomic mass is 32.2. The molecule has 1 N–H and O–H groups in total. The van der Waals surface area contributed by atoms with Gasteiger partial charge in [-0.05, 0) is 55.9 Å². The summed E-state index contributed by atoms with van der Waals surface area (Å²) in [5.74, 6) is -1.74. The molecule has 0 aliphatic carbocycles. The van der Waals surface area contributed by atoms with Crippen LogP contribution in [0.3, 0.4) is 0 Å². The molecule has 3 saturated heterocycles. The number of hydrogen-bond donors (Lipinski definition) is 1. The van der Waals surface area contributed by atoms with E-state index >= 15 is 4.79 Å². The monoisotopic (exact) mass is 601 g/mol. The van der Waals surface area contributed by atoms with Gasteiger partial charge in [0.25, 0.3) is 5.91 Å². The lowest BCUT2D eigenvalue weighted by Crippen LogP contribution is -2.59. The van der Waals surface area contributed by atoms with Crippen molar-refractivity contribution in [2.24, 2.45) is 17.8 Å². The molecular weight excluding hydrogens is 558 g/mol. The van der Waals surface area contributed by atoms with Crippen LogP contribution in [0.25, 0.3) is 0 Å². The molecule has 3 amide bonds. The number of aliphatic hydroxyl groups excluding tert-OH is 1. The second kappa shape index (κ2) is 12.3. The van der Waals surface area contributed by atoms with E-state index in [-0.39, 0.29) is 42.0 Å². The summed E-state index contributed by atoms with van der Waals surface area (Å²) in [7, 11) is 0. The Hall–Kier alpha value is -3.36. The first-order valence-electron chi connectivity index (χ1n) is 15.2. The van der Waals surface area contributed by atoms with E-state index in [0.29, 0.717) is 13.0 Å². The normalized spacial score (nSPS) is 28.0. The van der Waals surface area contributed by atoms with Gasteiger partial charge in [0.05, 0.1) is 29.2 Å². The van der Waals surface area contributed by atoms with Gasteiger partial charge in [0.1, 0.15) is 6.04 Å². The number of hydrogen-bond acceptors (Lipinski definition) is 5. The Morgan fingerprint density at radius 3 is 2.26 bits per heavy atom. The lowest BCUT2D eigenvalue weighted by atomic mass is 9.65. The smallest absolute Gasteiger partial charge is 0.251 e. The minimum Gasteiger partial charge on any atom is -0.394 e. The van der Waals surface area contributed by atoms with E-state index in [1.807, 2.05) is 69.3 Å². The van der Waals surface area contributed by atoms with Gasteiger partial charge in [-0.15, -0.1) is 24.9 Å². The Morgan fingerprint density at radius 1 is 1.05 bits per heavy atom. The molecule has 7 atom stereocenters. The van der Waals surface area contributed by atoms with Gasteiger partial charge in [0, 0.05) is 29.7 Å². The molecule has 2 bridgehead atoms. The fourth-order valence-corrected chi connectivity index (χ4v) is 10.3. The first-order valence-corrected chi connectivity index (χ1v) is 16.1. The van der Waals surface area contributed by atoms with Gasteiger partial charge >= 0.3 is 0 Å². The Balaban J connectivity index is 1.65. The van der Waals surface area contributed by atoms with E-state index in [2.05, 4.69) is 20.1 Å². The number of anilines is 2. The summed E-state index contributed by atoms with van der Waals surface area (Å²) >= 11 is 1.66. The summed E-state index contributed by atoms with van der Waals surface area (Å²) in [5.41, 5.74) is 3.49. The Labute approximate surface area is 259 Å². The molecule has 43 heavy (non-hydrogen) atoms. The van der Waals surface area contributed by atoms with Crippen molar-refractivity contribution in [3.63, 3.8) is 0 Å². The lowest BCUT2D eigenvalue weighted by molar-refractivity contribution is -0.142. The highest BCUT2D eigenvalue weighted by Gasteiger charge is 2.77. The van der Waals surface area contributed by atoms with Gasteiger partial charge in [-0.2, -0.15) is 0 Å². The number of amides is 3. The van der Waals surface area contributed by atoms with Crippen LogP contribution in [0.2, 0.25) is 0 Å². The van der Waals surface area contributed by atoms with E-state index in [1.165, 1.54) is 0 Å². The van der Waals surface area contributed by atoms with Crippen LogP contribution in [0.5, 0.6) is 0 Å². The molecule has 3 unspecified atom stereocenters. The topological polar surface area (TPSA) is 81.2 Å². The molecule has 2 aromatic rings. The average Bonchev–Trinajstić information content (AvgIpc) is 3.59. The average molecular weight is 602 g/mol. The third kappa shape index (κ3) is 4.83. The molecule has 3 fully saturated rings. The number of thioether (sulfide) groups is 1. The predicted molar refractivity (Wildman–Crippen MR) is 174 cm³/mol. The van der Waals surface area contributed by atoms with E-state index in [4.69, 9.17) is 0 Å². The van der Waals surface area contributed by atoms with E-state index in [9.17, 15) is 14.7 Å². The van der Waals surface area contributed by atoms with Gasteiger partial charge in [-0.3, -0.25) is 14.4 Å². The second-order valence-electron chi connectivity index (χ2n) is 12.1. The molecule has 0 saturated carbocycles. The number of nitrogens with zero attached hydrogens (tertiary/aromatic N) is 3. The van der Waals surface area contributed by atoms with E-state index in [0.717, 1.165) is 28.9 Å². The fourth-order valence-electron chi connectivity index (χ4n) is 7.87. The highest BCUT2D eigenvalue weighted by Crippen LogP contribution is 2.69. The van der Waals surface area contributed by atoms with Gasteiger partial charge in [-0.1, -0.05) is 62.4 Å². The number of fused-ring (bicyclic) bond motifs is 1. The van der Waals surface area contributed by atoms with Crippen LogP contribution in [0, 0.1) is 31.6 Å². The van der Waals surface area contributed by atoms with Gasteiger partial charge < -0.3 is 19.8 Å². The van der Waals surface area contributed by atoms with Crippen LogP contribution in [0.1, 0.15) is 37.8 Å². The maximum Gasteiger partial charge on any atom is 0.251 e. The maximum atomic E-state index is 15.0. The number of likely N-dealkylation sites (tertiary alicyclic amines) is 1. The molecule has 3 heterocycles. The molecule has 5 rings (SSSR count). The Bertz CT molecular complexity index is 1390. The van der Waals surface area contributed by atoms with Gasteiger partial charge in [0.15, 0.2) is 0 Å². The van der Waals surface area contributed by atoms with Crippen molar-refractivity contribution in [2.45, 2.75) is 62.6 Å². The zero-order chi connectivity index (χ0) is 31.1. The van der Waals surface area contributed by atoms with Crippen molar-refractivity contribution in [1.29, 1.82) is 0 Å². The first-order chi connectivity index (χ1) is 20.7. The number of rotatable bonds is 11. The lowest BCUT2D eigenvalue weighted by Gasteiger charge is -2.42. The minimum absolute atomic E-state index is 0.0174. The Morgan fingerprint density at radius 2 is 1.67 bits per heavy atom. The molecule has 3 aliphatic rings. The van der Waals surface area contributed by atoms with Crippen molar-refractivity contribution >= 4 is 40.9 Å². The summed E-state index contributed by atoms with van der Waals surface area (Å²) in [4.78, 5) is 49.3. The van der Waals surface area contributed by atoms with Crippen LogP contribution in [0.15, 0.2) is 73.8 Å². The van der Waals surface area contributed by atoms with E-state index < -0.39 is 28.7 Å². The standard InChI is InChI=1S/C35H43N3O4S/c1-7-18-36(26-16-11-10-12-17-26)32(40)28-27-20-24(6)35(43-27)29(28)33(41)38(25(9-3)21-39)31(35)34(42)37(19-8-2)30-22(4)14-13-15-23(30)5/h7-8,10-17,24-25,27-29,31,39H,1-2,9,18-21H2,3-6H3/t24?,25-,27-,28+,29-,31?,35?/m0/s1. The molecule has 228 valence electrons. The zero-order valence-electron chi connectivity index (χ0n) is 25.6. The van der Waals surface area contributed by atoms with E-state index in [1.54, 1.807) is 38.6 Å². The zero-order valence-corrected chi connectivity index (χ0v) is 26.4. The van der Waals surface area contributed by atoms with Crippen LogP contribution in [0.4, 0.5) is 11.4 Å². The summed E-state index contributed by atoms with van der Waals surface area (Å²) in [6.07, 6.45) is 4.65. The van der Waals surface area contributed by atoms with Crippen LogP contribution in [-0.2, 0) is 14.4 Å². The maximum absolute atomic E-state index is 15.0. The van der Waals surface area contributed by atoms with Crippen molar-refractivity contribution in [3.05, 3.63) is 85.0 Å². The molecule has 0 radical (unpaired) electrons. The third-order valence-electron chi connectivity index (χ3n) is 9.71. The van der Waals surface area contributed by atoms with Crippen LogP contribution in [-0.4, -0.2) is 69.5 Å². The third-order valence-corrected chi connectivity index (χ3v) is 11.8. The number of carbonyl (C=O) groups is 3. The number of carbonyl (C=O) groups excluding carboxylic acids is 3. The van der Waals surface area contributed by atoms with Gasteiger partial charge in [0.2, 0.25) is 11.8 Å². The summed E-state index contributed by atoms with van der Waals surface area (Å²) in [6, 6.07) is 14.1. The molecule has 3 aliphatic heterocycles. The van der Waals surface area contributed by atoms with Crippen LogP contribution < -0.4 is 9.80 Å². The molecule has 0 aromatic heterocycles. The summed E-state index contributed by atoms with van der Waals surface area (Å²) in [5, 5.41) is 10.4. The second-order valence-corrected chi connectivity index (χ2v) is 13.6. The quantitative estimate of drug-likeness (QED) is 0.361. The van der Waals surface area contributed by atoms with Crippen molar-refractivity contribution in [1.82, 2.24) is 4.90 Å². The van der Waals surface area contributed by atoms with Crippen molar-refractivity contribution in [3.8, 4) is 0 Å². The predicted octanol–water partition coefficient (Wildman–Crippen LogP) is 5.15. The number of aliphatic hydroxyl groups is 1. The first kappa shape index (κ1) is 31.1. The van der Waals surface area contributed by atoms with Crippen molar-refractivity contribution in [2.75, 3.05) is 29.5 Å². The molecule has 7 nitrogen and oxygen atoms in total. The SMILES string of the molecule is C=CCN(C(=O)[C@@H]1[C@@H]2CC(C)C3(S2)C(C(=O)N(CC=C)c2c(C)cccc2C)N([C@@H](CC)CO)C(=O)[C@H]13)c1ccccc1. The number of benzene rings is 2. The molecule has 8 heteroatoms. The van der Waals surface area contributed by atoms with Gasteiger partial charge in [-0.25, -0.2) is 0 Å². The number of aryl methyl sites for hydroxylation is 2. The highest BCUT2D eigenvalue weighted by molar-refractivity contribution is 8.02. The summed E-state index contributed by atoms with van der Waals surface area (Å²) in [6.45, 7) is 16.2. The Kier molecular flexibility index (Phi) is 8.91. The molecule has 1 spiro atoms. The largest absolute Gasteiger partial charge is 0.394 e. The molecule has 2 aromatic carbocycles.